The molecule has 11 nitrogen and oxygen atoms in total. The number of rotatable bonds is 4. The van der Waals surface area contributed by atoms with Gasteiger partial charge < -0.3 is 21.3 Å². The highest BCUT2D eigenvalue weighted by Crippen LogP contribution is 2.51. The number of primary amides is 1. The summed E-state index contributed by atoms with van der Waals surface area (Å²) in [6, 6.07) is 1.74. The number of phenols is 1. The van der Waals surface area contributed by atoms with Crippen LogP contribution in [0.2, 0.25) is 0 Å². The Hall–Kier alpha value is -3.44. The molecule has 2 fully saturated rings. The average molecular weight is 528 g/mol. The summed E-state index contributed by atoms with van der Waals surface area (Å²) in [4.78, 5) is 79.8. The van der Waals surface area contributed by atoms with Gasteiger partial charge in [-0.1, -0.05) is 26.8 Å². The van der Waals surface area contributed by atoms with Crippen molar-refractivity contribution in [1.29, 1.82) is 0 Å². The molecule has 0 aliphatic heterocycles. The fraction of sp³-hybridized carbons (Fsp3) is 0.556. The summed E-state index contributed by atoms with van der Waals surface area (Å²) >= 11 is 0. The Morgan fingerprint density at radius 3 is 2.32 bits per heavy atom. The number of phenolic OH excluding ortho intramolecular Hbond substituents is 1. The third kappa shape index (κ3) is 3.95. The zero-order valence-corrected chi connectivity index (χ0v) is 22.0. The number of fused-ring (bicyclic) bond motifs is 3. The standard InChI is InChI=1S/C27H33N3O8/c1-26(2,3)25(37)29-10-11-6-7-15(31)17-13(11)8-12-9-14-19(30(4)5)21(33)18(24(28)36)23(35)27(14,38)22(34)16(12)20(17)32/h6-7,12,14,16,18-19,31,38H,8-10H2,1-5H3,(H2,28,36)(H,29,37)/t12-,14-,16?,18?,19-,27-/m1/s1. The van der Waals surface area contributed by atoms with Crippen LogP contribution in [0.15, 0.2) is 12.1 Å². The number of likely N-dealkylation sites (N-methyl/N-ethyl adjacent to an activating group) is 1. The van der Waals surface area contributed by atoms with Crippen molar-refractivity contribution in [2.24, 2.45) is 34.8 Å². The van der Waals surface area contributed by atoms with Gasteiger partial charge in [0.1, 0.15) is 5.75 Å². The number of aromatic hydroxyl groups is 1. The van der Waals surface area contributed by atoms with E-state index < -0.39 is 69.8 Å². The van der Waals surface area contributed by atoms with Gasteiger partial charge in [0.2, 0.25) is 11.8 Å². The zero-order valence-electron chi connectivity index (χ0n) is 22.0. The Kier molecular flexibility index (Phi) is 6.60. The highest BCUT2D eigenvalue weighted by molar-refractivity contribution is 6.32. The number of nitrogens with two attached hydrogens (primary N) is 1. The molecule has 3 aliphatic carbocycles. The van der Waals surface area contributed by atoms with Gasteiger partial charge in [0.15, 0.2) is 34.7 Å². The van der Waals surface area contributed by atoms with E-state index in [2.05, 4.69) is 5.32 Å². The Morgan fingerprint density at radius 2 is 1.76 bits per heavy atom. The van der Waals surface area contributed by atoms with Crippen molar-refractivity contribution in [1.82, 2.24) is 10.2 Å². The molecule has 0 spiro atoms. The first-order chi connectivity index (χ1) is 17.5. The van der Waals surface area contributed by atoms with Crippen molar-refractivity contribution >= 4 is 34.9 Å². The monoisotopic (exact) mass is 527 g/mol. The molecule has 38 heavy (non-hydrogen) atoms. The maximum Gasteiger partial charge on any atom is 0.235 e. The van der Waals surface area contributed by atoms with Gasteiger partial charge in [-0.05, 0) is 50.0 Å². The minimum atomic E-state index is -2.76. The van der Waals surface area contributed by atoms with E-state index in [1.54, 1.807) is 26.8 Å². The number of carbonyl (C=O) groups excluding carboxylic acids is 6. The van der Waals surface area contributed by atoms with E-state index in [9.17, 15) is 39.0 Å². The third-order valence-corrected chi connectivity index (χ3v) is 8.16. The number of ketones is 4. The third-order valence-electron chi connectivity index (χ3n) is 8.16. The molecule has 11 heteroatoms. The maximum atomic E-state index is 13.8. The summed E-state index contributed by atoms with van der Waals surface area (Å²) in [6.45, 7) is 5.36. The van der Waals surface area contributed by atoms with Crippen molar-refractivity contribution < 1.29 is 39.0 Å². The number of amides is 2. The van der Waals surface area contributed by atoms with Crippen LogP contribution in [0.1, 0.15) is 48.7 Å². The second-order valence-corrected chi connectivity index (χ2v) is 11.8. The number of nitrogens with one attached hydrogen (secondary N) is 1. The fourth-order valence-electron chi connectivity index (χ4n) is 6.28. The molecule has 4 rings (SSSR count). The lowest BCUT2D eigenvalue weighted by atomic mass is 9.52. The molecule has 5 N–H and O–H groups in total. The number of aliphatic hydroxyl groups is 1. The quantitative estimate of drug-likeness (QED) is 0.376. The SMILES string of the molecule is CN(C)[C@H]1C(=O)C(C(N)=O)C(=O)[C@]2(O)C(=O)C3C(=O)c4c(O)ccc(CNC(=O)C(C)(C)C)c4C[C@@H]3C[C@H]12. The molecule has 3 aliphatic rings. The van der Waals surface area contributed by atoms with Crippen LogP contribution >= 0.6 is 0 Å². The minimum Gasteiger partial charge on any atom is -0.507 e. The van der Waals surface area contributed by atoms with Crippen LogP contribution in [0.25, 0.3) is 0 Å². The molecular weight excluding hydrogens is 494 g/mol. The maximum absolute atomic E-state index is 13.8. The summed E-state index contributed by atoms with van der Waals surface area (Å²) in [5.74, 6) is -11.1. The first-order valence-electron chi connectivity index (χ1n) is 12.5. The van der Waals surface area contributed by atoms with Crippen molar-refractivity contribution in [3.05, 3.63) is 28.8 Å². The normalized spacial score (nSPS) is 31.0. The van der Waals surface area contributed by atoms with Gasteiger partial charge in [0, 0.05) is 17.9 Å². The van der Waals surface area contributed by atoms with Crippen molar-refractivity contribution in [2.45, 2.75) is 51.8 Å². The number of carbonyl (C=O) groups is 6. The summed E-state index contributed by atoms with van der Waals surface area (Å²) in [5.41, 5.74) is 2.87. The van der Waals surface area contributed by atoms with Gasteiger partial charge in [-0.15, -0.1) is 0 Å². The van der Waals surface area contributed by atoms with E-state index in [1.165, 1.54) is 25.1 Å². The average Bonchev–Trinajstić information content (AvgIpc) is 2.79. The van der Waals surface area contributed by atoms with Crippen molar-refractivity contribution in [3.8, 4) is 5.75 Å². The van der Waals surface area contributed by atoms with Gasteiger partial charge in [0.05, 0.1) is 17.5 Å². The Bertz CT molecular complexity index is 1280. The van der Waals surface area contributed by atoms with Gasteiger partial charge in [-0.25, -0.2) is 0 Å². The fourth-order valence-corrected chi connectivity index (χ4v) is 6.28. The molecule has 2 saturated carbocycles. The highest BCUT2D eigenvalue weighted by atomic mass is 16.3. The first-order valence-corrected chi connectivity index (χ1v) is 12.5. The van der Waals surface area contributed by atoms with Gasteiger partial charge >= 0.3 is 0 Å². The van der Waals surface area contributed by atoms with Crippen LogP contribution < -0.4 is 11.1 Å². The van der Waals surface area contributed by atoms with Gasteiger partial charge in [-0.2, -0.15) is 0 Å². The van der Waals surface area contributed by atoms with E-state index in [0.29, 0.717) is 11.1 Å². The summed E-state index contributed by atoms with van der Waals surface area (Å²) in [7, 11) is 3.06. The molecule has 1 aromatic carbocycles. The molecule has 0 bridgehead atoms. The lowest BCUT2D eigenvalue weighted by Crippen LogP contribution is -2.74. The molecule has 0 saturated heterocycles. The van der Waals surface area contributed by atoms with Crippen molar-refractivity contribution in [2.75, 3.05) is 14.1 Å². The van der Waals surface area contributed by atoms with Gasteiger partial charge in [-0.3, -0.25) is 33.7 Å². The summed E-state index contributed by atoms with van der Waals surface area (Å²) in [6.07, 6.45) is 0.105. The van der Waals surface area contributed by atoms with Crippen LogP contribution in [0, 0.1) is 29.1 Å². The van der Waals surface area contributed by atoms with Crippen LogP contribution in [0.4, 0.5) is 0 Å². The van der Waals surface area contributed by atoms with Crippen LogP contribution in [0.5, 0.6) is 5.75 Å². The Labute approximate surface area is 219 Å². The lowest BCUT2D eigenvalue weighted by molar-refractivity contribution is -0.181. The molecule has 1 aromatic rings. The molecular formula is C27H33N3O8. The van der Waals surface area contributed by atoms with Gasteiger partial charge in [0.25, 0.3) is 0 Å². The molecule has 6 atom stereocenters. The van der Waals surface area contributed by atoms with E-state index in [1.807, 2.05) is 0 Å². The van der Waals surface area contributed by atoms with E-state index >= 15 is 0 Å². The van der Waals surface area contributed by atoms with Crippen LogP contribution in [-0.2, 0) is 36.9 Å². The minimum absolute atomic E-state index is 0.0344. The molecule has 0 radical (unpaired) electrons. The molecule has 204 valence electrons. The number of benzene rings is 1. The Balaban J connectivity index is 1.79. The number of nitrogens with zero attached hydrogens (tertiary/aromatic N) is 1. The topological polar surface area (TPSA) is 184 Å². The predicted molar refractivity (Wildman–Crippen MR) is 133 cm³/mol. The number of hydrogen-bond donors (Lipinski definition) is 4. The number of Topliss-reactive ketones (excluding diaryl/α,β-unsaturated/α-hetero) is 4. The Morgan fingerprint density at radius 1 is 1.13 bits per heavy atom. The molecule has 0 heterocycles. The zero-order chi connectivity index (χ0) is 28.5. The molecule has 0 aromatic heterocycles. The predicted octanol–water partition coefficient (Wildman–Crippen LogP) is -0.471. The van der Waals surface area contributed by atoms with Crippen molar-refractivity contribution in [3.63, 3.8) is 0 Å². The molecule has 2 unspecified atom stereocenters. The molecule has 2 amide bonds. The first kappa shape index (κ1) is 27.6. The van der Waals surface area contributed by atoms with E-state index in [0.717, 1.165) is 0 Å². The smallest absolute Gasteiger partial charge is 0.235 e. The van der Waals surface area contributed by atoms with E-state index in [4.69, 9.17) is 5.73 Å². The van der Waals surface area contributed by atoms with Crippen LogP contribution in [0.3, 0.4) is 0 Å². The summed E-state index contributed by atoms with van der Waals surface area (Å²) < 4.78 is 0. The van der Waals surface area contributed by atoms with Crippen LogP contribution in [-0.4, -0.2) is 75.8 Å². The lowest BCUT2D eigenvalue weighted by Gasteiger charge is -2.52. The highest BCUT2D eigenvalue weighted by Gasteiger charge is 2.69. The second kappa shape index (κ2) is 9.09. The largest absolute Gasteiger partial charge is 0.507 e. The number of hydrogen-bond acceptors (Lipinski definition) is 9. The summed E-state index contributed by atoms with van der Waals surface area (Å²) in [5, 5.41) is 25.0. The van der Waals surface area contributed by atoms with E-state index in [-0.39, 0.29) is 36.6 Å². The second-order valence-electron chi connectivity index (χ2n) is 11.8.